The van der Waals surface area contributed by atoms with E-state index in [1.54, 1.807) is 36.1 Å². The van der Waals surface area contributed by atoms with Crippen molar-refractivity contribution in [1.82, 2.24) is 19.7 Å². The van der Waals surface area contributed by atoms with Gasteiger partial charge >= 0.3 is 0 Å². The molecule has 2 amide bonds. The molecular weight excluding hydrogens is 438 g/mol. The lowest BCUT2D eigenvalue weighted by Gasteiger charge is -2.21. The second kappa shape index (κ2) is 10.1. The van der Waals surface area contributed by atoms with Crippen LogP contribution in [0.1, 0.15) is 45.5 Å². The number of anilines is 1. The van der Waals surface area contributed by atoms with E-state index >= 15 is 0 Å². The number of aryl methyl sites for hydroxylation is 1. The van der Waals surface area contributed by atoms with Gasteiger partial charge in [-0.2, -0.15) is 5.10 Å². The summed E-state index contributed by atoms with van der Waals surface area (Å²) in [6.07, 6.45) is 9.13. The third-order valence-electron chi connectivity index (χ3n) is 6.72. The van der Waals surface area contributed by atoms with Crippen LogP contribution < -0.4 is 5.32 Å². The first kappa shape index (κ1) is 22.8. The van der Waals surface area contributed by atoms with Crippen LogP contribution >= 0.6 is 0 Å². The van der Waals surface area contributed by atoms with E-state index in [1.165, 1.54) is 17.1 Å². The van der Waals surface area contributed by atoms with Crippen LogP contribution in [0.25, 0.3) is 10.9 Å². The highest BCUT2D eigenvalue weighted by atomic mass is 16.2. The molecule has 1 saturated heterocycles. The van der Waals surface area contributed by atoms with Gasteiger partial charge in [0.05, 0.1) is 17.3 Å². The highest BCUT2D eigenvalue weighted by Gasteiger charge is 2.23. The number of carbonyl (C=O) groups excluding carboxylic acids is 2. The molecule has 0 bridgehead atoms. The van der Waals surface area contributed by atoms with Crippen LogP contribution in [0.4, 0.5) is 5.69 Å². The highest BCUT2D eigenvalue weighted by molar-refractivity contribution is 6.04. The number of carbonyl (C=O) groups is 2. The lowest BCUT2D eigenvalue weighted by Crippen LogP contribution is -2.32. The van der Waals surface area contributed by atoms with Gasteiger partial charge in [0.1, 0.15) is 0 Å². The average molecular weight is 468 g/mol. The van der Waals surface area contributed by atoms with Crippen molar-refractivity contribution >= 4 is 28.4 Å². The Labute approximate surface area is 204 Å². The number of pyridine rings is 1. The van der Waals surface area contributed by atoms with Gasteiger partial charge in [-0.15, -0.1) is 0 Å². The van der Waals surface area contributed by atoms with Crippen LogP contribution in [0.5, 0.6) is 0 Å². The van der Waals surface area contributed by atoms with Crippen molar-refractivity contribution in [1.29, 1.82) is 0 Å². The summed E-state index contributed by atoms with van der Waals surface area (Å²) in [6.45, 7) is 1.48. The Hall–Kier alpha value is -4.00. The first-order chi connectivity index (χ1) is 17.1. The predicted octanol–water partition coefficient (Wildman–Crippen LogP) is 4.71. The molecule has 0 unspecified atom stereocenters. The maximum atomic E-state index is 13.3. The molecule has 2 aromatic carbocycles. The number of hydrogen-bond acceptors (Lipinski definition) is 4. The Morgan fingerprint density at radius 3 is 2.77 bits per heavy atom. The maximum absolute atomic E-state index is 13.3. The Kier molecular flexibility index (Phi) is 6.57. The fourth-order valence-corrected chi connectivity index (χ4v) is 4.87. The molecule has 1 N–H and O–H groups in total. The fraction of sp³-hybridized carbons (Fsp3) is 0.286. The third-order valence-corrected chi connectivity index (χ3v) is 6.72. The second-order valence-corrected chi connectivity index (χ2v) is 9.22. The van der Waals surface area contributed by atoms with Gasteiger partial charge in [-0.25, -0.2) is 0 Å². The molecule has 7 nitrogen and oxygen atoms in total. The zero-order chi connectivity index (χ0) is 24.2. The number of benzene rings is 2. The lowest BCUT2D eigenvalue weighted by atomic mass is 9.91. The van der Waals surface area contributed by atoms with Crippen LogP contribution in [0.15, 0.2) is 73.2 Å². The minimum Gasteiger partial charge on any atom is -0.339 e. The van der Waals surface area contributed by atoms with Gasteiger partial charge in [0.2, 0.25) is 0 Å². The number of rotatable bonds is 5. The van der Waals surface area contributed by atoms with Gasteiger partial charge in [0.15, 0.2) is 0 Å². The van der Waals surface area contributed by atoms with Crippen LogP contribution in [-0.4, -0.2) is 44.6 Å². The monoisotopic (exact) mass is 467 g/mol. The molecule has 7 heteroatoms. The van der Waals surface area contributed by atoms with E-state index in [9.17, 15) is 9.59 Å². The molecular formula is C28H29N5O2. The molecule has 2 aromatic heterocycles. The number of amides is 2. The normalized spacial score (nSPS) is 16.1. The quantitative estimate of drug-likeness (QED) is 0.461. The molecule has 1 aliphatic heterocycles. The van der Waals surface area contributed by atoms with Crippen molar-refractivity contribution in [3.05, 3.63) is 89.9 Å². The van der Waals surface area contributed by atoms with Crippen molar-refractivity contribution < 1.29 is 9.59 Å². The minimum absolute atomic E-state index is 0.0116. The molecule has 35 heavy (non-hydrogen) atoms. The molecule has 5 rings (SSSR count). The third kappa shape index (κ3) is 5.24. The molecule has 3 heterocycles. The van der Waals surface area contributed by atoms with Crippen LogP contribution in [0, 0.1) is 5.92 Å². The summed E-state index contributed by atoms with van der Waals surface area (Å²) in [4.78, 5) is 32.2. The number of nitrogens with zero attached hydrogens (tertiary/aromatic N) is 4. The zero-order valence-corrected chi connectivity index (χ0v) is 19.9. The molecule has 0 radical (unpaired) electrons. The molecule has 1 aliphatic rings. The Morgan fingerprint density at radius 1 is 1.03 bits per heavy atom. The predicted molar refractivity (Wildman–Crippen MR) is 136 cm³/mol. The number of hydrogen-bond donors (Lipinski definition) is 1. The lowest BCUT2D eigenvalue weighted by molar-refractivity contribution is 0.0759. The van der Waals surface area contributed by atoms with Crippen LogP contribution in [0.2, 0.25) is 0 Å². The summed E-state index contributed by atoms with van der Waals surface area (Å²) in [5, 5.41) is 8.12. The fourth-order valence-electron chi connectivity index (χ4n) is 4.87. The Morgan fingerprint density at radius 2 is 1.91 bits per heavy atom. The van der Waals surface area contributed by atoms with Crippen molar-refractivity contribution in [3.8, 4) is 0 Å². The average Bonchev–Trinajstić information content (AvgIpc) is 3.18. The van der Waals surface area contributed by atoms with Crippen LogP contribution in [-0.2, 0) is 13.5 Å². The van der Waals surface area contributed by atoms with E-state index in [-0.39, 0.29) is 11.8 Å². The molecule has 0 aliphatic carbocycles. The number of likely N-dealkylation sites (tertiary alicyclic amines) is 1. The second-order valence-electron chi connectivity index (χ2n) is 9.22. The van der Waals surface area contributed by atoms with E-state index in [2.05, 4.69) is 39.7 Å². The number of para-hydroxylation sites is 1. The van der Waals surface area contributed by atoms with Crippen molar-refractivity contribution in [2.75, 3.05) is 18.4 Å². The smallest absolute Gasteiger partial charge is 0.258 e. The van der Waals surface area contributed by atoms with E-state index in [0.717, 1.165) is 44.3 Å². The molecule has 1 fully saturated rings. The first-order valence-corrected chi connectivity index (χ1v) is 12.1. The number of fused-ring (bicyclic) bond motifs is 1. The highest BCUT2D eigenvalue weighted by Crippen LogP contribution is 2.26. The standard InChI is InChI=1S/C28H29N5O2/c1-32-19-23(18-30-32)27(34)31-24-8-4-7-22(17-24)28(35)33-14-5-6-20(12-15-33)16-21-11-13-29-26-10-3-2-9-25(21)26/h2-4,7-11,13,17-20H,5-6,12,14-16H2,1H3,(H,31,34)/t20-/m1/s1. The molecule has 0 saturated carbocycles. The largest absolute Gasteiger partial charge is 0.339 e. The van der Waals surface area contributed by atoms with Gasteiger partial charge < -0.3 is 10.2 Å². The van der Waals surface area contributed by atoms with Gasteiger partial charge in [-0.1, -0.05) is 24.3 Å². The topological polar surface area (TPSA) is 80.1 Å². The first-order valence-electron chi connectivity index (χ1n) is 12.1. The Bertz CT molecular complexity index is 1360. The van der Waals surface area contributed by atoms with E-state index in [4.69, 9.17) is 0 Å². The van der Waals surface area contributed by atoms with Crippen molar-refractivity contribution in [2.45, 2.75) is 25.7 Å². The minimum atomic E-state index is -0.246. The summed E-state index contributed by atoms with van der Waals surface area (Å²) in [5.74, 6) is 0.296. The van der Waals surface area contributed by atoms with E-state index in [1.807, 2.05) is 23.2 Å². The summed E-state index contributed by atoms with van der Waals surface area (Å²) in [6, 6.07) is 17.6. The molecule has 178 valence electrons. The SMILES string of the molecule is Cn1cc(C(=O)Nc2cccc(C(=O)N3CCC[C@@H](Cc4ccnc5ccccc45)CC3)c2)cn1. The summed E-state index contributed by atoms with van der Waals surface area (Å²) in [5.41, 5.74) is 4.03. The van der Waals surface area contributed by atoms with Crippen molar-refractivity contribution in [2.24, 2.45) is 13.0 Å². The number of nitrogens with one attached hydrogen (secondary N) is 1. The zero-order valence-electron chi connectivity index (χ0n) is 19.9. The van der Waals surface area contributed by atoms with Gasteiger partial charge in [-0.3, -0.25) is 19.3 Å². The summed E-state index contributed by atoms with van der Waals surface area (Å²) < 4.78 is 1.58. The van der Waals surface area contributed by atoms with E-state index < -0.39 is 0 Å². The van der Waals surface area contributed by atoms with E-state index in [0.29, 0.717) is 22.7 Å². The number of aromatic nitrogens is 3. The van der Waals surface area contributed by atoms with Gasteiger partial charge in [-0.05, 0) is 67.5 Å². The molecule has 1 atom stereocenters. The molecule has 4 aromatic rings. The summed E-state index contributed by atoms with van der Waals surface area (Å²) >= 11 is 0. The molecule has 0 spiro atoms. The Balaban J connectivity index is 1.23. The van der Waals surface area contributed by atoms with Gasteiger partial charge in [0.25, 0.3) is 11.8 Å². The summed E-state index contributed by atoms with van der Waals surface area (Å²) in [7, 11) is 1.76. The van der Waals surface area contributed by atoms with Crippen LogP contribution in [0.3, 0.4) is 0 Å². The maximum Gasteiger partial charge on any atom is 0.258 e. The van der Waals surface area contributed by atoms with Crippen molar-refractivity contribution in [3.63, 3.8) is 0 Å². The van der Waals surface area contributed by atoms with Gasteiger partial charge in [0, 0.05) is 49.2 Å².